The van der Waals surface area contributed by atoms with E-state index in [0.717, 1.165) is 24.3 Å². The summed E-state index contributed by atoms with van der Waals surface area (Å²) in [5, 5.41) is 19.0. The number of hydrogen-bond donors (Lipinski definition) is 3. The van der Waals surface area contributed by atoms with Gasteiger partial charge in [-0.15, -0.1) is 5.10 Å². The lowest BCUT2D eigenvalue weighted by molar-refractivity contribution is 0.0245. The molecule has 4 rings (SSSR count). The molecule has 0 spiro atoms. The van der Waals surface area contributed by atoms with Gasteiger partial charge in [-0.25, -0.2) is 9.78 Å². The molecule has 1 saturated carbocycles. The maximum Gasteiger partial charge on any atom is 0.402 e. The number of nitrogens with one attached hydrogen (secondary N) is 1. The molecule has 33 heavy (non-hydrogen) atoms. The Morgan fingerprint density at radius 3 is 2.45 bits per heavy atom. The zero-order chi connectivity index (χ0) is 23.6. The Balaban J connectivity index is 0.000000709. The van der Waals surface area contributed by atoms with Gasteiger partial charge in [-0.2, -0.15) is 9.67 Å². The molecular weight excluding hydrogens is 430 g/mol. The summed E-state index contributed by atoms with van der Waals surface area (Å²) in [6.45, 7) is 0.911. The number of fused-ring (bicyclic) bond motifs is 1. The van der Waals surface area contributed by atoms with E-state index in [-0.39, 0.29) is 6.10 Å². The number of aromatic nitrogens is 5. The molecule has 12 nitrogen and oxygen atoms in total. The highest BCUT2D eigenvalue weighted by Crippen LogP contribution is 2.23. The van der Waals surface area contributed by atoms with Gasteiger partial charge in [0.2, 0.25) is 5.95 Å². The summed E-state index contributed by atoms with van der Waals surface area (Å²) < 4.78 is 18.0. The highest BCUT2D eigenvalue weighted by Gasteiger charge is 2.17. The molecule has 0 saturated heterocycles. The number of nitrogens with zero attached hydrogens (tertiary/aromatic N) is 5. The number of primary amides is 1. The molecule has 0 atom stereocenters. The Hall–Kier alpha value is -3.51. The zero-order valence-corrected chi connectivity index (χ0v) is 18.7. The first-order valence-corrected chi connectivity index (χ1v) is 10.6. The standard InChI is InChI=1S/C20H26N6O3.CH3NO2/c1-27-12-17(13-28-2)29-16-9-7-15(8-10-16)26-19-18(24-25-26)11-21-20(23-19)22-14-5-3-4-6-14;2-1(3)4/h7-11,14,17H,3-6,12-13H2,1-2H3,(H,21,22,23);2H2,(H,3,4). The lowest BCUT2D eigenvalue weighted by atomic mass is 10.2. The Bertz CT molecular complexity index is 1010. The summed E-state index contributed by atoms with van der Waals surface area (Å²) in [4.78, 5) is 17.8. The van der Waals surface area contributed by atoms with E-state index in [1.165, 1.54) is 12.8 Å². The first-order chi connectivity index (χ1) is 16.0. The van der Waals surface area contributed by atoms with Crippen molar-refractivity contribution in [2.75, 3.05) is 32.8 Å². The smallest absolute Gasteiger partial charge is 0.402 e. The van der Waals surface area contributed by atoms with Crippen LogP contribution in [0.25, 0.3) is 16.9 Å². The van der Waals surface area contributed by atoms with Gasteiger partial charge >= 0.3 is 6.09 Å². The second-order valence-electron chi connectivity index (χ2n) is 7.51. The molecule has 1 aromatic carbocycles. The van der Waals surface area contributed by atoms with Crippen molar-refractivity contribution in [1.29, 1.82) is 0 Å². The highest BCUT2D eigenvalue weighted by atomic mass is 16.6. The number of carbonyl (C=O) groups is 1. The van der Waals surface area contributed by atoms with Crippen LogP contribution in [0.4, 0.5) is 10.7 Å². The molecule has 0 radical (unpaired) electrons. The largest absolute Gasteiger partial charge is 0.486 e. The maximum absolute atomic E-state index is 8.78. The van der Waals surface area contributed by atoms with Crippen molar-refractivity contribution in [3.8, 4) is 11.4 Å². The highest BCUT2D eigenvalue weighted by molar-refractivity contribution is 5.72. The molecule has 2 aromatic heterocycles. The van der Waals surface area contributed by atoms with E-state index in [0.29, 0.717) is 36.4 Å². The van der Waals surface area contributed by atoms with Crippen LogP contribution in [0.3, 0.4) is 0 Å². The minimum atomic E-state index is -1.33. The number of nitrogens with two attached hydrogens (primary N) is 1. The number of carboxylic acid groups (broad SMARTS) is 1. The van der Waals surface area contributed by atoms with Gasteiger partial charge in [0.15, 0.2) is 11.2 Å². The van der Waals surface area contributed by atoms with Crippen LogP contribution < -0.4 is 15.8 Å². The Labute approximate surface area is 191 Å². The minimum Gasteiger partial charge on any atom is -0.486 e. The van der Waals surface area contributed by atoms with Gasteiger partial charge < -0.3 is 30.4 Å². The Morgan fingerprint density at radius 2 is 1.85 bits per heavy atom. The third kappa shape index (κ3) is 6.99. The summed E-state index contributed by atoms with van der Waals surface area (Å²) in [5.41, 5.74) is 6.20. The number of anilines is 1. The fourth-order valence-corrected chi connectivity index (χ4v) is 3.57. The van der Waals surface area contributed by atoms with Crippen molar-refractivity contribution in [2.24, 2.45) is 5.73 Å². The topological polar surface area (TPSA) is 160 Å². The Kier molecular flexibility index (Phi) is 8.72. The quantitative estimate of drug-likeness (QED) is 0.433. The predicted octanol–water partition coefficient (Wildman–Crippen LogP) is 2.23. The zero-order valence-electron chi connectivity index (χ0n) is 18.7. The molecule has 1 aliphatic rings. The lowest BCUT2D eigenvalue weighted by Gasteiger charge is -2.17. The first kappa shape index (κ1) is 24.1. The monoisotopic (exact) mass is 459 g/mol. The van der Waals surface area contributed by atoms with E-state index in [1.54, 1.807) is 25.1 Å². The van der Waals surface area contributed by atoms with Crippen LogP contribution in [0.2, 0.25) is 0 Å². The molecule has 0 aliphatic heterocycles. The van der Waals surface area contributed by atoms with Gasteiger partial charge in [0.05, 0.1) is 25.1 Å². The van der Waals surface area contributed by atoms with Gasteiger partial charge in [-0.05, 0) is 37.1 Å². The Morgan fingerprint density at radius 1 is 1.21 bits per heavy atom. The van der Waals surface area contributed by atoms with Crippen LogP contribution in [0.15, 0.2) is 30.5 Å². The van der Waals surface area contributed by atoms with Gasteiger partial charge in [0.1, 0.15) is 11.9 Å². The lowest BCUT2D eigenvalue weighted by Crippen LogP contribution is -2.27. The van der Waals surface area contributed by atoms with E-state index in [9.17, 15) is 0 Å². The number of amides is 1. The van der Waals surface area contributed by atoms with Crippen molar-refractivity contribution in [2.45, 2.75) is 37.8 Å². The van der Waals surface area contributed by atoms with Crippen LogP contribution in [0.5, 0.6) is 5.75 Å². The van der Waals surface area contributed by atoms with Crippen LogP contribution in [-0.4, -0.2) is 75.7 Å². The van der Waals surface area contributed by atoms with Gasteiger partial charge in [0.25, 0.3) is 0 Å². The number of hydrogen-bond acceptors (Lipinski definition) is 9. The molecule has 12 heteroatoms. The summed E-state index contributed by atoms with van der Waals surface area (Å²) in [6.07, 6.45) is 5.04. The van der Waals surface area contributed by atoms with E-state index in [1.807, 2.05) is 24.3 Å². The van der Waals surface area contributed by atoms with Crippen molar-refractivity contribution < 1.29 is 24.1 Å². The molecular formula is C21H29N7O5. The van der Waals surface area contributed by atoms with Crippen molar-refractivity contribution in [3.05, 3.63) is 30.5 Å². The number of benzene rings is 1. The van der Waals surface area contributed by atoms with Crippen molar-refractivity contribution in [3.63, 3.8) is 0 Å². The average Bonchev–Trinajstić information content (AvgIpc) is 3.44. The fourth-order valence-electron chi connectivity index (χ4n) is 3.57. The third-order valence-electron chi connectivity index (χ3n) is 4.97. The summed E-state index contributed by atoms with van der Waals surface area (Å²) >= 11 is 0. The minimum absolute atomic E-state index is 0.167. The second kappa shape index (κ2) is 11.9. The van der Waals surface area contributed by atoms with E-state index in [2.05, 4.69) is 31.3 Å². The van der Waals surface area contributed by atoms with Crippen LogP contribution in [0, 0.1) is 0 Å². The van der Waals surface area contributed by atoms with Crippen LogP contribution in [0.1, 0.15) is 25.7 Å². The van der Waals surface area contributed by atoms with E-state index in [4.69, 9.17) is 24.1 Å². The van der Waals surface area contributed by atoms with Gasteiger partial charge in [0, 0.05) is 20.3 Å². The van der Waals surface area contributed by atoms with Crippen molar-refractivity contribution >= 4 is 23.2 Å². The van der Waals surface area contributed by atoms with Gasteiger partial charge in [-0.1, -0.05) is 18.1 Å². The normalized spacial score (nSPS) is 13.7. The molecule has 3 aromatic rings. The molecule has 178 valence electrons. The SMILES string of the molecule is COCC(COC)Oc1ccc(-n2nnc3cnc(NC4CCCC4)nc32)cc1.NC(=O)O. The molecule has 1 amide bonds. The molecule has 4 N–H and O–H groups in total. The van der Waals surface area contributed by atoms with Crippen molar-refractivity contribution in [1.82, 2.24) is 25.0 Å². The predicted molar refractivity (Wildman–Crippen MR) is 121 cm³/mol. The summed E-state index contributed by atoms with van der Waals surface area (Å²) in [5.74, 6) is 1.35. The van der Waals surface area contributed by atoms with E-state index >= 15 is 0 Å². The molecule has 2 heterocycles. The molecule has 0 bridgehead atoms. The first-order valence-electron chi connectivity index (χ1n) is 10.6. The molecule has 0 unspecified atom stereocenters. The summed E-state index contributed by atoms with van der Waals surface area (Å²) in [6, 6.07) is 8.07. The van der Waals surface area contributed by atoms with Crippen LogP contribution >= 0.6 is 0 Å². The molecule has 1 fully saturated rings. The van der Waals surface area contributed by atoms with E-state index < -0.39 is 6.09 Å². The average molecular weight is 460 g/mol. The number of rotatable bonds is 9. The molecule has 1 aliphatic carbocycles. The maximum atomic E-state index is 8.78. The number of ether oxygens (including phenoxy) is 3. The number of methoxy groups -OCH3 is 2. The second-order valence-corrected chi connectivity index (χ2v) is 7.51. The fraction of sp³-hybridized carbons (Fsp3) is 0.476. The van der Waals surface area contributed by atoms with Crippen LogP contribution in [-0.2, 0) is 9.47 Å². The summed E-state index contributed by atoms with van der Waals surface area (Å²) in [7, 11) is 3.28. The van der Waals surface area contributed by atoms with Gasteiger partial charge in [-0.3, -0.25) is 0 Å². The third-order valence-corrected chi connectivity index (χ3v) is 4.97.